The molecule has 0 bridgehead atoms. The Balaban J connectivity index is 1.67. The maximum atomic E-state index is 13.1. The van der Waals surface area contributed by atoms with Gasteiger partial charge in [0, 0.05) is 37.4 Å². The van der Waals surface area contributed by atoms with E-state index in [1.807, 2.05) is 6.92 Å². The van der Waals surface area contributed by atoms with E-state index in [-0.39, 0.29) is 42.9 Å². The molecule has 1 aromatic heterocycles. The molecule has 1 saturated heterocycles. The van der Waals surface area contributed by atoms with Crippen LogP contribution in [-0.2, 0) is 36.5 Å². The van der Waals surface area contributed by atoms with Crippen molar-refractivity contribution in [1.82, 2.24) is 20.3 Å². The van der Waals surface area contributed by atoms with Crippen LogP contribution in [0.15, 0.2) is 24.3 Å². The molecule has 15 nitrogen and oxygen atoms in total. The monoisotopic (exact) mass is 656 g/mol. The minimum Gasteiger partial charge on any atom is -0.481 e. The molecule has 7 N–H and O–H groups in total. The second-order valence-corrected chi connectivity index (χ2v) is 10.7. The third-order valence-corrected chi connectivity index (χ3v) is 7.22. The number of benzene rings is 1. The molecule has 18 heteroatoms. The van der Waals surface area contributed by atoms with Gasteiger partial charge in [0.25, 0.3) is 5.91 Å². The molecule has 0 saturated carbocycles. The largest absolute Gasteiger partial charge is 0.481 e. The maximum absolute atomic E-state index is 13.1. The van der Waals surface area contributed by atoms with Gasteiger partial charge in [-0.05, 0) is 31.0 Å². The van der Waals surface area contributed by atoms with Crippen LogP contribution in [-0.4, -0.2) is 84.6 Å². The first-order valence-electron chi connectivity index (χ1n) is 14.4. The molecule has 1 aliphatic heterocycles. The molecule has 252 valence electrons. The van der Waals surface area contributed by atoms with Gasteiger partial charge >= 0.3 is 12.1 Å². The Kier molecular flexibility index (Phi) is 12.3. The van der Waals surface area contributed by atoms with Crippen LogP contribution in [0.2, 0.25) is 0 Å². The van der Waals surface area contributed by atoms with Crippen molar-refractivity contribution in [3.05, 3.63) is 41.2 Å². The number of nitrogens with zero attached hydrogens (tertiary/aromatic N) is 3. The SMILES string of the molecule is CCCc1c(C(N)=O)nnn1[C@@H]1O[C@H](CNC(=O)[C@H](CCC(=O)Nc2cccc(C(F)(F)F)c2)CC(=O)CCC(=O)O)[C@@H](O)[C@H]1O. The number of aliphatic carboxylic acids is 1. The van der Waals surface area contributed by atoms with Gasteiger partial charge in [-0.3, -0.25) is 24.0 Å². The number of aliphatic hydroxyl groups is 2. The van der Waals surface area contributed by atoms with E-state index in [4.69, 9.17) is 15.6 Å². The topological polar surface area (TPSA) is 236 Å². The normalized spacial score (nSPS) is 20.2. The van der Waals surface area contributed by atoms with Gasteiger partial charge in [0.15, 0.2) is 11.9 Å². The van der Waals surface area contributed by atoms with Crippen LogP contribution in [0.5, 0.6) is 0 Å². The Labute approximate surface area is 260 Å². The molecule has 0 radical (unpaired) electrons. The van der Waals surface area contributed by atoms with Crippen molar-refractivity contribution < 1.29 is 57.2 Å². The number of carbonyl (C=O) groups excluding carboxylic acids is 4. The number of alkyl halides is 3. The van der Waals surface area contributed by atoms with Gasteiger partial charge in [-0.25, -0.2) is 4.68 Å². The lowest BCUT2D eigenvalue weighted by molar-refractivity contribution is -0.139. The van der Waals surface area contributed by atoms with Gasteiger partial charge in [-0.2, -0.15) is 13.2 Å². The van der Waals surface area contributed by atoms with Crippen molar-refractivity contribution in [3.8, 4) is 0 Å². The Morgan fingerprint density at radius 1 is 1.11 bits per heavy atom. The number of amides is 3. The van der Waals surface area contributed by atoms with Gasteiger partial charge < -0.3 is 36.4 Å². The van der Waals surface area contributed by atoms with Crippen LogP contribution < -0.4 is 16.4 Å². The van der Waals surface area contributed by atoms with Crippen LogP contribution in [0.25, 0.3) is 0 Å². The minimum absolute atomic E-state index is 0.128. The lowest BCUT2D eigenvalue weighted by Gasteiger charge is -2.20. The van der Waals surface area contributed by atoms with Crippen LogP contribution >= 0.6 is 0 Å². The van der Waals surface area contributed by atoms with E-state index < -0.39 is 84.5 Å². The molecule has 1 aliphatic rings. The quantitative estimate of drug-likeness (QED) is 0.149. The highest BCUT2D eigenvalue weighted by molar-refractivity contribution is 5.92. The number of anilines is 1. The number of hydrogen-bond donors (Lipinski definition) is 6. The summed E-state index contributed by atoms with van der Waals surface area (Å²) in [6, 6.07) is 3.94. The van der Waals surface area contributed by atoms with E-state index in [1.165, 1.54) is 6.07 Å². The molecule has 1 fully saturated rings. The molecule has 5 atom stereocenters. The Morgan fingerprint density at radius 3 is 2.46 bits per heavy atom. The van der Waals surface area contributed by atoms with Crippen molar-refractivity contribution in [2.24, 2.45) is 11.7 Å². The third-order valence-electron chi connectivity index (χ3n) is 7.22. The van der Waals surface area contributed by atoms with E-state index >= 15 is 0 Å². The molecule has 0 unspecified atom stereocenters. The fourth-order valence-electron chi connectivity index (χ4n) is 4.88. The highest BCUT2D eigenvalue weighted by atomic mass is 19.4. The van der Waals surface area contributed by atoms with Crippen LogP contribution in [0.1, 0.15) is 73.4 Å². The highest BCUT2D eigenvalue weighted by Gasteiger charge is 2.45. The van der Waals surface area contributed by atoms with Gasteiger partial charge in [0.1, 0.15) is 24.1 Å². The second kappa shape index (κ2) is 15.7. The first-order valence-corrected chi connectivity index (χ1v) is 14.4. The number of aliphatic hydroxyl groups excluding tert-OH is 2. The molecular formula is C28H35F3N6O9. The molecule has 3 amide bonds. The van der Waals surface area contributed by atoms with Crippen LogP contribution in [0, 0.1) is 5.92 Å². The summed E-state index contributed by atoms with van der Waals surface area (Å²) in [6.45, 7) is 1.45. The van der Waals surface area contributed by atoms with E-state index in [2.05, 4.69) is 20.9 Å². The number of carboxylic acid groups (broad SMARTS) is 1. The van der Waals surface area contributed by atoms with Crippen LogP contribution in [0.4, 0.5) is 18.9 Å². The average Bonchev–Trinajstić information content (AvgIpc) is 3.52. The van der Waals surface area contributed by atoms with Crippen LogP contribution in [0.3, 0.4) is 0 Å². The van der Waals surface area contributed by atoms with Crippen molar-refractivity contribution >= 4 is 35.2 Å². The molecule has 2 heterocycles. The molecular weight excluding hydrogens is 621 g/mol. The van der Waals surface area contributed by atoms with Gasteiger partial charge in [-0.15, -0.1) is 5.10 Å². The number of ether oxygens (including phenoxy) is 1. The summed E-state index contributed by atoms with van der Waals surface area (Å²) in [5.41, 5.74) is 4.40. The Bertz CT molecular complexity index is 1430. The molecule has 1 aromatic carbocycles. The Morgan fingerprint density at radius 2 is 1.83 bits per heavy atom. The maximum Gasteiger partial charge on any atom is 0.416 e. The first kappa shape index (κ1) is 36.1. The number of rotatable bonds is 16. The lowest BCUT2D eigenvalue weighted by atomic mass is 9.94. The number of nitrogens with one attached hydrogen (secondary N) is 2. The number of ketones is 1. The fraction of sp³-hybridized carbons (Fsp3) is 0.536. The summed E-state index contributed by atoms with van der Waals surface area (Å²) >= 11 is 0. The summed E-state index contributed by atoms with van der Waals surface area (Å²) < 4.78 is 45.9. The van der Waals surface area contributed by atoms with E-state index in [0.717, 1.165) is 22.9 Å². The predicted molar refractivity (Wildman–Crippen MR) is 151 cm³/mol. The van der Waals surface area contributed by atoms with Crippen molar-refractivity contribution in [2.45, 2.75) is 82.6 Å². The molecule has 0 aliphatic carbocycles. The third kappa shape index (κ3) is 9.54. The number of primary amides is 1. The number of carboxylic acids is 1. The van der Waals surface area contributed by atoms with Gasteiger partial charge in [-0.1, -0.05) is 24.6 Å². The minimum atomic E-state index is -4.63. The summed E-state index contributed by atoms with van der Waals surface area (Å²) in [5, 5.41) is 42.5. The van der Waals surface area contributed by atoms with Crippen molar-refractivity contribution in [1.29, 1.82) is 0 Å². The summed E-state index contributed by atoms with van der Waals surface area (Å²) in [4.78, 5) is 60.7. The van der Waals surface area contributed by atoms with Crippen molar-refractivity contribution in [2.75, 3.05) is 11.9 Å². The van der Waals surface area contributed by atoms with E-state index in [0.29, 0.717) is 12.8 Å². The fourth-order valence-corrected chi connectivity index (χ4v) is 4.88. The second-order valence-electron chi connectivity index (χ2n) is 10.7. The molecule has 46 heavy (non-hydrogen) atoms. The number of halogens is 3. The summed E-state index contributed by atoms with van der Waals surface area (Å²) in [5.74, 6) is -5.30. The smallest absolute Gasteiger partial charge is 0.416 e. The van der Waals surface area contributed by atoms with E-state index in [9.17, 15) is 47.4 Å². The summed E-state index contributed by atoms with van der Waals surface area (Å²) in [6.07, 6.45) is -11.2. The van der Waals surface area contributed by atoms with E-state index in [1.54, 1.807) is 0 Å². The van der Waals surface area contributed by atoms with Gasteiger partial charge in [0.05, 0.1) is 17.7 Å². The Hall–Kier alpha value is -4.42. The predicted octanol–water partition coefficient (Wildman–Crippen LogP) is 0.943. The van der Waals surface area contributed by atoms with Crippen molar-refractivity contribution in [3.63, 3.8) is 0 Å². The number of hydrogen-bond acceptors (Lipinski definition) is 10. The zero-order valence-electron chi connectivity index (χ0n) is 24.7. The number of nitrogens with two attached hydrogens (primary N) is 1. The standard InChI is InChI=1S/C28H35F3N6O9/c1-2-4-18-22(25(32)44)35-36-37(18)27-24(43)23(42)19(46-27)13-33-26(45)14(11-17(38)8-10-21(40)41)7-9-20(39)34-16-6-3-5-15(12-16)28(29,30)31/h3,5-6,12,14,19,23-24,27,42-43H,2,4,7-11,13H2,1H3,(H2,32,44)(H,33,45)(H,34,39)(H,40,41)/t14-,19-,23-,24-,27-/m1/s1. The van der Waals surface area contributed by atoms with Gasteiger partial charge in [0.2, 0.25) is 11.8 Å². The number of Topliss-reactive ketones (excluding diaryl/α,β-unsaturated/α-hetero) is 1. The molecule has 2 aromatic rings. The molecule has 0 spiro atoms. The highest BCUT2D eigenvalue weighted by Crippen LogP contribution is 2.32. The molecule has 3 rings (SSSR count). The summed E-state index contributed by atoms with van der Waals surface area (Å²) in [7, 11) is 0. The number of aromatic nitrogens is 3. The number of carbonyl (C=O) groups is 5. The first-order chi connectivity index (χ1) is 21.6. The lowest BCUT2D eigenvalue weighted by Crippen LogP contribution is -2.42. The zero-order chi connectivity index (χ0) is 34.2. The average molecular weight is 657 g/mol. The zero-order valence-corrected chi connectivity index (χ0v) is 24.7.